The van der Waals surface area contributed by atoms with Crippen LogP contribution in [0.25, 0.3) is 0 Å². The van der Waals surface area contributed by atoms with Crippen molar-refractivity contribution in [2.24, 2.45) is 5.92 Å². The minimum absolute atomic E-state index is 0.157. The Labute approximate surface area is 66.6 Å². The van der Waals surface area contributed by atoms with Crippen molar-refractivity contribution in [3.05, 3.63) is 0 Å². The molecule has 2 heterocycles. The summed E-state index contributed by atoms with van der Waals surface area (Å²) in [7, 11) is 1.71. The monoisotopic (exact) mass is 158 g/mol. The second kappa shape index (κ2) is 2.73. The van der Waals surface area contributed by atoms with Crippen molar-refractivity contribution < 1.29 is 14.2 Å². The first-order chi connectivity index (χ1) is 5.33. The van der Waals surface area contributed by atoms with Gasteiger partial charge < -0.3 is 14.2 Å². The molecule has 3 nitrogen and oxygen atoms in total. The topological polar surface area (TPSA) is 27.7 Å². The zero-order chi connectivity index (χ0) is 7.84. The fourth-order valence-corrected chi connectivity index (χ4v) is 1.86. The summed E-state index contributed by atoms with van der Waals surface area (Å²) >= 11 is 0. The summed E-state index contributed by atoms with van der Waals surface area (Å²) < 4.78 is 16.3. The van der Waals surface area contributed by atoms with E-state index in [4.69, 9.17) is 14.2 Å². The Morgan fingerprint density at radius 3 is 2.64 bits per heavy atom. The Kier molecular flexibility index (Phi) is 1.87. The number of rotatable bonds is 1. The van der Waals surface area contributed by atoms with Gasteiger partial charge in [-0.1, -0.05) is 6.92 Å². The molecule has 0 amide bonds. The van der Waals surface area contributed by atoms with Gasteiger partial charge in [-0.3, -0.25) is 0 Å². The summed E-state index contributed by atoms with van der Waals surface area (Å²) in [5, 5.41) is 0. The number of ether oxygens (including phenoxy) is 3. The Bertz CT molecular complexity index is 148. The van der Waals surface area contributed by atoms with Crippen LogP contribution in [0.1, 0.15) is 6.92 Å². The van der Waals surface area contributed by atoms with Crippen molar-refractivity contribution in [1.82, 2.24) is 0 Å². The van der Waals surface area contributed by atoms with Crippen molar-refractivity contribution in [1.29, 1.82) is 0 Å². The van der Waals surface area contributed by atoms with E-state index in [9.17, 15) is 0 Å². The summed E-state index contributed by atoms with van der Waals surface area (Å²) in [4.78, 5) is 0. The van der Waals surface area contributed by atoms with Gasteiger partial charge in [0.15, 0.2) is 0 Å². The number of hydrogen-bond acceptors (Lipinski definition) is 3. The molecule has 0 bridgehead atoms. The van der Waals surface area contributed by atoms with Crippen molar-refractivity contribution in [2.45, 2.75) is 25.2 Å². The van der Waals surface area contributed by atoms with Gasteiger partial charge >= 0.3 is 0 Å². The molecule has 0 aromatic carbocycles. The Hall–Kier alpha value is -0.120. The molecule has 0 aromatic rings. The summed E-state index contributed by atoms with van der Waals surface area (Å²) in [6, 6.07) is 0. The maximum atomic E-state index is 5.54. The zero-order valence-corrected chi connectivity index (χ0v) is 6.95. The lowest BCUT2D eigenvalue weighted by Crippen LogP contribution is -2.29. The Morgan fingerprint density at radius 1 is 1.18 bits per heavy atom. The van der Waals surface area contributed by atoms with Gasteiger partial charge in [-0.15, -0.1) is 0 Å². The second-order valence-electron chi connectivity index (χ2n) is 3.35. The van der Waals surface area contributed by atoms with Crippen LogP contribution >= 0.6 is 0 Å². The minimum atomic E-state index is 0.157. The quantitative estimate of drug-likeness (QED) is 0.554. The first kappa shape index (κ1) is 7.53. The summed E-state index contributed by atoms with van der Waals surface area (Å²) in [5.41, 5.74) is 0. The van der Waals surface area contributed by atoms with E-state index in [1.807, 2.05) is 0 Å². The van der Waals surface area contributed by atoms with Gasteiger partial charge in [0, 0.05) is 13.0 Å². The smallest absolute Gasteiger partial charge is 0.112 e. The van der Waals surface area contributed by atoms with Crippen LogP contribution in [0.5, 0.6) is 0 Å². The molecule has 0 N–H and O–H groups in total. The van der Waals surface area contributed by atoms with Gasteiger partial charge in [-0.2, -0.15) is 0 Å². The van der Waals surface area contributed by atoms with Gasteiger partial charge in [-0.05, 0) is 0 Å². The molecule has 3 heteroatoms. The highest BCUT2D eigenvalue weighted by atomic mass is 16.6. The SMILES string of the molecule is COC1CO[C@@H]2[C@H](C)CO[C@H]12. The van der Waals surface area contributed by atoms with Crippen LogP contribution in [0.4, 0.5) is 0 Å². The first-order valence-corrected chi connectivity index (χ1v) is 4.09. The molecule has 0 spiro atoms. The maximum absolute atomic E-state index is 5.54. The normalized spacial score (nSPS) is 49.6. The fraction of sp³-hybridized carbons (Fsp3) is 1.00. The van der Waals surface area contributed by atoms with Crippen LogP contribution < -0.4 is 0 Å². The molecule has 0 aromatic heterocycles. The average molecular weight is 158 g/mol. The highest BCUT2D eigenvalue weighted by Gasteiger charge is 2.45. The van der Waals surface area contributed by atoms with E-state index >= 15 is 0 Å². The molecule has 0 aliphatic carbocycles. The van der Waals surface area contributed by atoms with Crippen LogP contribution in [-0.2, 0) is 14.2 Å². The van der Waals surface area contributed by atoms with Crippen molar-refractivity contribution >= 4 is 0 Å². The van der Waals surface area contributed by atoms with Crippen molar-refractivity contribution in [2.75, 3.05) is 20.3 Å². The number of methoxy groups -OCH3 is 1. The molecule has 2 aliphatic heterocycles. The maximum Gasteiger partial charge on any atom is 0.112 e. The van der Waals surface area contributed by atoms with Crippen LogP contribution in [0.3, 0.4) is 0 Å². The van der Waals surface area contributed by atoms with Crippen molar-refractivity contribution in [3.8, 4) is 0 Å². The molecule has 4 atom stereocenters. The molecular formula is C8H14O3. The Balaban J connectivity index is 2.04. The highest BCUT2D eigenvalue weighted by molar-refractivity contribution is 4.92. The molecule has 11 heavy (non-hydrogen) atoms. The standard InChI is InChI=1S/C8H14O3/c1-5-3-10-8-6(9-2)4-11-7(5)8/h5-8H,3-4H2,1-2H3/t5-,6?,7-,8-/m1/s1. The summed E-state index contributed by atoms with van der Waals surface area (Å²) in [5.74, 6) is 0.528. The van der Waals surface area contributed by atoms with Crippen LogP contribution in [-0.4, -0.2) is 38.6 Å². The molecule has 2 rings (SSSR count). The van der Waals surface area contributed by atoms with E-state index in [1.54, 1.807) is 7.11 Å². The molecule has 0 radical (unpaired) electrons. The molecule has 64 valence electrons. The van der Waals surface area contributed by atoms with E-state index in [1.165, 1.54) is 0 Å². The highest BCUT2D eigenvalue weighted by Crippen LogP contribution is 2.31. The fourth-order valence-electron chi connectivity index (χ4n) is 1.86. The zero-order valence-electron chi connectivity index (χ0n) is 6.95. The summed E-state index contributed by atoms with van der Waals surface area (Å²) in [6.07, 6.45) is 0.625. The molecule has 2 aliphatic rings. The molecule has 1 unspecified atom stereocenters. The molecule has 0 saturated carbocycles. The third-order valence-electron chi connectivity index (χ3n) is 2.56. The third-order valence-corrected chi connectivity index (χ3v) is 2.56. The van der Waals surface area contributed by atoms with Gasteiger partial charge in [0.2, 0.25) is 0 Å². The number of hydrogen-bond donors (Lipinski definition) is 0. The predicted molar refractivity (Wildman–Crippen MR) is 39.4 cm³/mol. The van der Waals surface area contributed by atoms with E-state index in [2.05, 4.69) is 6.92 Å². The second-order valence-corrected chi connectivity index (χ2v) is 3.35. The van der Waals surface area contributed by atoms with Gasteiger partial charge in [0.25, 0.3) is 0 Å². The van der Waals surface area contributed by atoms with E-state index < -0.39 is 0 Å². The van der Waals surface area contributed by atoms with E-state index in [-0.39, 0.29) is 18.3 Å². The van der Waals surface area contributed by atoms with Gasteiger partial charge in [0.1, 0.15) is 12.2 Å². The summed E-state index contributed by atoms with van der Waals surface area (Å²) in [6.45, 7) is 3.66. The average Bonchev–Trinajstić information content (AvgIpc) is 2.53. The van der Waals surface area contributed by atoms with Crippen LogP contribution in [0, 0.1) is 5.92 Å². The lowest BCUT2D eigenvalue weighted by Gasteiger charge is -2.13. The molecular weight excluding hydrogens is 144 g/mol. The molecule has 2 fully saturated rings. The van der Waals surface area contributed by atoms with Gasteiger partial charge in [0.05, 0.1) is 19.3 Å². The van der Waals surface area contributed by atoms with E-state index in [0.717, 1.165) is 6.61 Å². The molecule has 2 saturated heterocycles. The third kappa shape index (κ3) is 1.08. The van der Waals surface area contributed by atoms with Gasteiger partial charge in [-0.25, -0.2) is 0 Å². The van der Waals surface area contributed by atoms with Crippen LogP contribution in [0.15, 0.2) is 0 Å². The first-order valence-electron chi connectivity index (χ1n) is 4.09. The lowest BCUT2D eigenvalue weighted by molar-refractivity contribution is -0.00878. The van der Waals surface area contributed by atoms with E-state index in [0.29, 0.717) is 12.5 Å². The number of fused-ring (bicyclic) bond motifs is 1. The Morgan fingerprint density at radius 2 is 1.91 bits per heavy atom. The minimum Gasteiger partial charge on any atom is -0.376 e. The predicted octanol–water partition coefficient (Wildman–Crippen LogP) is 0.435. The lowest BCUT2D eigenvalue weighted by atomic mass is 10.0. The largest absolute Gasteiger partial charge is 0.376 e. The van der Waals surface area contributed by atoms with Crippen LogP contribution in [0.2, 0.25) is 0 Å². The van der Waals surface area contributed by atoms with Crippen molar-refractivity contribution in [3.63, 3.8) is 0 Å².